The lowest BCUT2D eigenvalue weighted by Gasteiger charge is -2.34. The predicted molar refractivity (Wildman–Crippen MR) is 118 cm³/mol. The van der Waals surface area contributed by atoms with Gasteiger partial charge in [-0.1, -0.05) is 30.3 Å². The topological polar surface area (TPSA) is 83.2 Å². The molecule has 7 nitrogen and oxygen atoms in total. The average molecular weight is 422 g/mol. The number of hydrogen-bond donors (Lipinski definition) is 1. The van der Waals surface area contributed by atoms with Crippen molar-refractivity contribution < 1.29 is 19.1 Å². The number of amides is 1. The van der Waals surface area contributed by atoms with E-state index in [9.17, 15) is 14.7 Å². The normalized spacial score (nSPS) is 14.7. The molecule has 3 aromatic rings. The molecule has 31 heavy (non-hydrogen) atoms. The van der Waals surface area contributed by atoms with Gasteiger partial charge in [-0.3, -0.25) is 4.90 Å². The Morgan fingerprint density at radius 2 is 1.81 bits per heavy atom. The molecule has 1 amide bonds. The fourth-order valence-electron chi connectivity index (χ4n) is 4.08. The Bertz CT molecular complexity index is 1150. The van der Waals surface area contributed by atoms with Gasteiger partial charge in [0.2, 0.25) is 0 Å². The van der Waals surface area contributed by atoms with E-state index >= 15 is 0 Å². The highest BCUT2D eigenvalue weighted by Gasteiger charge is 2.24. The van der Waals surface area contributed by atoms with Gasteiger partial charge in [0.25, 0.3) is 0 Å². The van der Waals surface area contributed by atoms with E-state index in [0.29, 0.717) is 56.0 Å². The number of nitrogens with zero attached hydrogens (tertiary/aromatic N) is 2. The number of aromatic hydroxyl groups is 1. The average Bonchev–Trinajstić information content (AvgIpc) is 2.77. The van der Waals surface area contributed by atoms with Crippen LogP contribution in [0.1, 0.15) is 18.1 Å². The number of benzene rings is 2. The molecular formula is C24H26N2O5. The van der Waals surface area contributed by atoms with E-state index in [1.807, 2.05) is 37.3 Å². The highest BCUT2D eigenvalue weighted by Crippen LogP contribution is 2.33. The summed E-state index contributed by atoms with van der Waals surface area (Å²) in [5, 5.41) is 11.3. The Hall–Kier alpha value is -3.32. The molecule has 2 aromatic carbocycles. The summed E-state index contributed by atoms with van der Waals surface area (Å²) in [6, 6.07) is 12.9. The number of phenolic OH excluding ortho intramolecular Hbond substituents is 1. The van der Waals surface area contributed by atoms with Crippen LogP contribution in [0, 0.1) is 6.92 Å². The highest BCUT2D eigenvalue weighted by molar-refractivity contribution is 5.89. The number of carbonyl (C=O) groups excluding carboxylic acids is 1. The summed E-state index contributed by atoms with van der Waals surface area (Å²) in [6.45, 7) is 6.84. The van der Waals surface area contributed by atoms with Crippen molar-refractivity contribution in [2.24, 2.45) is 0 Å². The van der Waals surface area contributed by atoms with Crippen molar-refractivity contribution in [3.8, 4) is 16.9 Å². The van der Waals surface area contributed by atoms with Crippen molar-refractivity contribution in [3.05, 3.63) is 64.0 Å². The summed E-state index contributed by atoms with van der Waals surface area (Å²) < 4.78 is 10.8. The third-order valence-electron chi connectivity index (χ3n) is 5.76. The van der Waals surface area contributed by atoms with Crippen LogP contribution in [0.3, 0.4) is 0 Å². The minimum atomic E-state index is -0.421. The number of carbonyl (C=O) groups is 1. The SMILES string of the molecule is CCOC(=O)N1CCN(Cc2c(O)ccc3c(C)c(-c4ccccc4)c(=O)oc23)CC1. The summed E-state index contributed by atoms with van der Waals surface area (Å²) >= 11 is 0. The zero-order valence-corrected chi connectivity index (χ0v) is 17.8. The second-order valence-corrected chi connectivity index (χ2v) is 7.66. The molecule has 0 radical (unpaired) electrons. The van der Waals surface area contributed by atoms with Crippen molar-refractivity contribution in [2.75, 3.05) is 32.8 Å². The Balaban J connectivity index is 1.64. The van der Waals surface area contributed by atoms with Crippen LogP contribution in [0.5, 0.6) is 5.75 Å². The second-order valence-electron chi connectivity index (χ2n) is 7.66. The molecule has 1 aromatic heterocycles. The van der Waals surface area contributed by atoms with Crippen LogP contribution in [0.25, 0.3) is 22.1 Å². The first-order valence-corrected chi connectivity index (χ1v) is 10.5. The third-order valence-corrected chi connectivity index (χ3v) is 5.76. The summed E-state index contributed by atoms with van der Waals surface area (Å²) in [6.07, 6.45) is -0.301. The lowest BCUT2D eigenvalue weighted by atomic mass is 9.98. The first kappa shape index (κ1) is 20.9. The van der Waals surface area contributed by atoms with Gasteiger partial charge in [-0.2, -0.15) is 0 Å². The van der Waals surface area contributed by atoms with Crippen LogP contribution in [0.2, 0.25) is 0 Å². The molecule has 0 aliphatic carbocycles. The molecule has 0 bridgehead atoms. The first-order valence-electron chi connectivity index (χ1n) is 10.5. The van der Waals surface area contributed by atoms with Crippen molar-refractivity contribution in [3.63, 3.8) is 0 Å². The van der Waals surface area contributed by atoms with Gasteiger partial charge in [-0.05, 0) is 37.1 Å². The molecule has 1 saturated heterocycles. The lowest BCUT2D eigenvalue weighted by molar-refractivity contribution is 0.0776. The Labute approximate surface area is 180 Å². The van der Waals surface area contributed by atoms with Gasteiger partial charge in [0.1, 0.15) is 11.3 Å². The molecule has 1 N–H and O–H groups in total. The van der Waals surface area contributed by atoms with Crippen molar-refractivity contribution >= 4 is 17.1 Å². The van der Waals surface area contributed by atoms with E-state index in [4.69, 9.17) is 9.15 Å². The van der Waals surface area contributed by atoms with Crippen molar-refractivity contribution in [2.45, 2.75) is 20.4 Å². The van der Waals surface area contributed by atoms with E-state index in [0.717, 1.165) is 16.5 Å². The maximum atomic E-state index is 12.9. The lowest BCUT2D eigenvalue weighted by Crippen LogP contribution is -2.48. The van der Waals surface area contributed by atoms with E-state index in [1.54, 1.807) is 24.0 Å². The molecule has 1 fully saturated rings. The summed E-state index contributed by atoms with van der Waals surface area (Å²) in [5.74, 6) is 0.0929. The number of rotatable bonds is 4. The van der Waals surface area contributed by atoms with Crippen LogP contribution in [-0.4, -0.2) is 53.8 Å². The molecule has 162 valence electrons. The summed E-state index contributed by atoms with van der Waals surface area (Å²) in [4.78, 5) is 28.6. The zero-order chi connectivity index (χ0) is 22.0. The molecular weight excluding hydrogens is 396 g/mol. The highest BCUT2D eigenvalue weighted by atomic mass is 16.6. The first-order chi connectivity index (χ1) is 15.0. The maximum Gasteiger partial charge on any atom is 0.409 e. The number of ether oxygens (including phenoxy) is 1. The number of hydrogen-bond acceptors (Lipinski definition) is 6. The summed E-state index contributed by atoms with van der Waals surface area (Å²) in [7, 11) is 0. The van der Waals surface area contributed by atoms with Crippen LogP contribution in [0.15, 0.2) is 51.7 Å². The number of aryl methyl sites for hydroxylation is 1. The van der Waals surface area contributed by atoms with E-state index in [1.165, 1.54) is 0 Å². The Kier molecular flexibility index (Phi) is 5.95. The quantitative estimate of drug-likeness (QED) is 0.645. The standard InChI is InChI=1S/C24H26N2O5/c1-3-30-24(29)26-13-11-25(12-14-26)15-19-20(27)10-9-18-16(2)21(23(28)31-22(18)19)17-7-5-4-6-8-17/h4-10,27H,3,11-15H2,1-2H3. The molecule has 7 heteroatoms. The molecule has 0 spiro atoms. The van der Waals surface area contributed by atoms with Crippen LogP contribution >= 0.6 is 0 Å². The minimum absolute atomic E-state index is 0.0929. The van der Waals surface area contributed by atoms with Gasteiger partial charge in [0, 0.05) is 38.1 Å². The van der Waals surface area contributed by atoms with Crippen molar-refractivity contribution in [1.29, 1.82) is 0 Å². The second kappa shape index (κ2) is 8.81. The Morgan fingerprint density at radius 1 is 1.10 bits per heavy atom. The van der Waals surface area contributed by atoms with Gasteiger partial charge < -0.3 is 19.2 Å². The van der Waals surface area contributed by atoms with E-state index < -0.39 is 5.63 Å². The van der Waals surface area contributed by atoms with Gasteiger partial charge in [0.05, 0.1) is 17.7 Å². The van der Waals surface area contributed by atoms with Gasteiger partial charge in [-0.25, -0.2) is 9.59 Å². The molecule has 1 aliphatic rings. The molecule has 0 atom stereocenters. The molecule has 2 heterocycles. The van der Waals surface area contributed by atoms with E-state index in [2.05, 4.69) is 4.90 Å². The fraction of sp³-hybridized carbons (Fsp3) is 0.333. The van der Waals surface area contributed by atoms with Crippen LogP contribution in [0.4, 0.5) is 4.79 Å². The number of fused-ring (bicyclic) bond motifs is 1. The monoisotopic (exact) mass is 422 g/mol. The van der Waals surface area contributed by atoms with Crippen LogP contribution < -0.4 is 5.63 Å². The van der Waals surface area contributed by atoms with Gasteiger partial charge in [0.15, 0.2) is 0 Å². The smallest absolute Gasteiger partial charge is 0.409 e. The minimum Gasteiger partial charge on any atom is -0.507 e. The predicted octanol–water partition coefficient (Wildman–Crippen LogP) is 3.75. The molecule has 0 unspecified atom stereocenters. The number of phenols is 1. The molecule has 1 aliphatic heterocycles. The van der Waals surface area contributed by atoms with Gasteiger partial charge >= 0.3 is 11.7 Å². The fourth-order valence-corrected chi connectivity index (χ4v) is 4.08. The number of piperazine rings is 1. The van der Waals surface area contributed by atoms with Gasteiger partial charge in [-0.15, -0.1) is 0 Å². The molecule has 0 saturated carbocycles. The maximum absolute atomic E-state index is 12.9. The largest absolute Gasteiger partial charge is 0.507 e. The molecule has 4 rings (SSSR count). The summed E-state index contributed by atoms with van der Waals surface area (Å²) in [5.41, 5.74) is 2.74. The zero-order valence-electron chi connectivity index (χ0n) is 17.8. The third kappa shape index (κ3) is 4.14. The van der Waals surface area contributed by atoms with Crippen molar-refractivity contribution in [1.82, 2.24) is 9.80 Å². The Morgan fingerprint density at radius 3 is 2.48 bits per heavy atom. The van der Waals surface area contributed by atoms with E-state index in [-0.39, 0.29) is 11.8 Å². The van der Waals surface area contributed by atoms with Crippen LogP contribution in [-0.2, 0) is 11.3 Å².